The molecule has 0 aliphatic heterocycles. The van der Waals surface area contributed by atoms with E-state index in [1.165, 1.54) is 12.1 Å². The summed E-state index contributed by atoms with van der Waals surface area (Å²) >= 11 is 6.11. The lowest BCUT2D eigenvalue weighted by molar-refractivity contribution is -0.118. The number of benzene rings is 2. The number of aromatic nitrogens is 2. The van der Waals surface area contributed by atoms with Crippen molar-refractivity contribution in [2.24, 2.45) is 5.92 Å². The Balaban J connectivity index is 1.55. The Morgan fingerprint density at radius 1 is 1.21 bits per heavy atom. The summed E-state index contributed by atoms with van der Waals surface area (Å²) in [5.41, 5.74) is 8.12. The van der Waals surface area contributed by atoms with Gasteiger partial charge in [-0.15, -0.1) is 0 Å². The topological polar surface area (TPSA) is 83.8 Å². The van der Waals surface area contributed by atoms with E-state index >= 15 is 0 Å². The molecule has 0 saturated carbocycles. The minimum absolute atomic E-state index is 0.0610. The zero-order chi connectivity index (χ0) is 20.4. The Morgan fingerprint density at radius 2 is 2.00 bits per heavy atom. The molecular formula is C22H18ClFN4O. The molecule has 1 aliphatic carbocycles. The Kier molecular flexibility index (Phi) is 5.18. The third-order valence-electron chi connectivity index (χ3n) is 4.67. The molecule has 1 unspecified atom stereocenters. The molecule has 5 nitrogen and oxygen atoms in total. The summed E-state index contributed by atoms with van der Waals surface area (Å²) in [6.07, 6.45) is 8.33. The number of allylic oxidation sites excluding steroid dienone is 3. The molecule has 0 bridgehead atoms. The van der Waals surface area contributed by atoms with Crippen molar-refractivity contribution < 1.29 is 9.18 Å². The molecule has 7 heteroatoms. The molecule has 146 valence electrons. The van der Waals surface area contributed by atoms with Crippen LogP contribution in [0.3, 0.4) is 0 Å². The molecular weight excluding hydrogens is 391 g/mol. The van der Waals surface area contributed by atoms with Gasteiger partial charge in [0.2, 0.25) is 5.91 Å². The normalized spacial score (nSPS) is 15.4. The standard InChI is InChI=1S/C22H18ClFN4O/c23-16-7-4-8-17(24)18(16)21-27-19(20(25)28-21)13-9-11-15(12-10-13)26-22(29)14-5-2-1-3-6-14/h1-5,7-12,14H,6,25H2,(H,26,29)(H,27,28). The number of nitrogens with one attached hydrogen (secondary N) is 2. The molecule has 0 radical (unpaired) electrons. The highest BCUT2D eigenvalue weighted by Gasteiger charge is 2.18. The molecule has 0 spiro atoms. The Labute approximate surface area is 172 Å². The molecule has 1 amide bonds. The molecule has 1 atom stereocenters. The van der Waals surface area contributed by atoms with Crippen molar-refractivity contribution >= 4 is 29.0 Å². The number of hydrogen-bond donors (Lipinski definition) is 3. The quantitative estimate of drug-likeness (QED) is 0.555. The maximum absolute atomic E-state index is 14.2. The minimum atomic E-state index is -0.484. The number of imidazole rings is 1. The van der Waals surface area contributed by atoms with Gasteiger partial charge in [0.15, 0.2) is 0 Å². The third-order valence-corrected chi connectivity index (χ3v) is 4.99. The molecule has 29 heavy (non-hydrogen) atoms. The Bertz CT molecular complexity index is 1100. The second-order valence-corrected chi connectivity index (χ2v) is 7.07. The van der Waals surface area contributed by atoms with E-state index in [0.717, 1.165) is 5.56 Å². The van der Waals surface area contributed by atoms with Gasteiger partial charge >= 0.3 is 0 Å². The number of hydrogen-bond acceptors (Lipinski definition) is 3. The largest absolute Gasteiger partial charge is 0.383 e. The number of carbonyl (C=O) groups is 1. The number of rotatable bonds is 4. The summed E-state index contributed by atoms with van der Waals surface area (Å²) in [7, 11) is 0. The Hall–Kier alpha value is -3.38. The van der Waals surface area contributed by atoms with Gasteiger partial charge in [0.1, 0.15) is 23.2 Å². The van der Waals surface area contributed by atoms with Gasteiger partial charge in [0.05, 0.1) is 16.5 Å². The molecule has 4 N–H and O–H groups in total. The highest BCUT2D eigenvalue weighted by Crippen LogP contribution is 2.33. The molecule has 3 aromatic rings. The SMILES string of the molecule is Nc1[nH]c(-c2c(F)cccc2Cl)nc1-c1ccc(NC(=O)C2C=CC=CC2)cc1. The molecule has 4 rings (SSSR count). The summed E-state index contributed by atoms with van der Waals surface area (Å²) in [6, 6.07) is 11.6. The van der Waals surface area contributed by atoms with Crippen molar-refractivity contribution in [3.05, 3.63) is 77.6 Å². The lowest BCUT2D eigenvalue weighted by atomic mass is 10.00. The van der Waals surface area contributed by atoms with E-state index in [0.29, 0.717) is 23.6 Å². The van der Waals surface area contributed by atoms with Crippen LogP contribution in [0.25, 0.3) is 22.6 Å². The van der Waals surface area contributed by atoms with Crippen LogP contribution in [-0.2, 0) is 4.79 Å². The van der Waals surface area contributed by atoms with Crippen molar-refractivity contribution in [1.82, 2.24) is 9.97 Å². The van der Waals surface area contributed by atoms with Gasteiger partial charge in [-0.1, -0.05) is 54.1 Å². The van der Waals surface area contributed by atoms with Crippen LogP contribution in [0.1, 0.15) is 6.42 Å². The molecule has 1 aromatic heterocycles. The monoisotopic (exact) mass is 408 g/mol. The summed E-state index contributed by atoms with van der Waals surface area (Å²) in [6.45, 7) is 0. The smallest absolute Gasteiger partial charge is 0.231 e. The number of anilines is 2. The fraction of sp³-hybridized carbons (Fsp3) is 0.0909. The number of nitrogen functional groups attached to an aromatic ring is 1. The predicted octanol–water partition coefficient (Wildman–Crippen LogP) is 5.19. The summed E-state index contributed by atoms with van der Waals surface area (Å²) in [5.74, 6) is -0.156. The number of aromatic amines is 1. The number of halogens is 2. The van der Waals surface area contributed by atoms with E-state index in [2.05, 4.69) is 15.3 Å². The van der Waals surface area contributed by atoms with E-state index in [-0.39, 0.29) is 28.2 Å². The molecule has 2 aromatic carbocycles. The van der Waals surface area contributed by atoms with Crippen LogP contribution in [0, 0.1) is 11.7 Å². The maximum Gasteiger partial charge on any atom is 0.231 e. The van der Waals surface area contributed by atoms with Crippen LogP contribution in [0.15, 0.2) is 66.8 Å². The number of amides is 1. The highest BCUT2D eigenvalue weighted by atomic mass is 35.5. The first-order valence-corrected chi connectivity index (χ1v) is 9.45. The van der Waals surface area contributed by atoms with E-state index in [4.69, 9.17) is 17.3 Å². The number of nitrogens with zero attached hydrogens (tertiary/aromatic N) is 1. The van der Waals surface area contributed by atoms with Crippen molar-refractivity contribution in [3.8, 4) is 22.6 Å². The third kappa shape index (κ3) is 3.93. The molecule has 1 aliphatic rings. The van der Waals surface area contributed by atoms with E-state index in [1.54, 1.807) is 30.3 Å². The first-order valence-electron chi connectivity index (χ1n) is 9.07. The van der Waals surface area contributed by atoms with Gasteiger partial charge in [-0.2, -0.15) is 0 Å². The number of H-pyrrole nitrogens is 1. The van der Waals surface area contributed by atoms with Gasteiger partial charge in [-0.3, -0.25) is 4.79 Å². The van der Waals surface area contributed by atoms with Crippen LogP contribution in [-0.4, -0.2) is 15.9 Å². The molecule has 0 saturated heterocycles. The van der Waals surface area contributed by atoms with Crippen molar-refractivity contribution in [1.29, 1.82) is 0 Å². The second kappa shape index (κ2) is 7.93. The summed E-state index contributed by atoms with van der Waals surface area (Å²) in [5, 5.41) is 3.15. The number of nitrogens with two attached hydrogens (primary N) is 1. The highest BCUT2D eigenvalue weighted by molar-refractivity contribution is 6.33. The average molecular weight is 409 g/mol. The summed E-state index contributed by atoms with van der Waals surface area (Å²) < 4.78 is 14.2. The minimum Gasteiger partial charge on any atom is -0.383 e. The summed E-state index contributed by atoms with van der Waals surface area (Å²) in [4.78, 5) is 19.6. The maximum atomic E-state index is 14.2. The van der Waals surface area contributed by atoms with E-state index < -0.39 is 5.82 Å². The number of carbonyl (C=O) groups excluding carboxylic acids is 1. The van der Waals surface area contributed by atoms with Gasteiger partial charge < -0.3 is 16.0 Å². The van der Waals surface area contributed by atoms with Crippen LogP contribution < -0.4 is 11.1 Å². The zero-order valence-corrected chi connectivity index (χ0v) is 16.1. The fourth-order valence-corrected chi connectivity index (χ4v) is 3.42. The Morgan fingerprint density at radius 3 is 2.69 bits per heavy atom. The van der Waals surface area contributed by atoms with Crippen LogP contribution in [0.4, 0.5) is 15.9 Å². The lowest BCUT2D eigenvalue weighted by Gasteiger charge is -2.13. The van der Waals surface area contributed by atoms with Gasteiger partial charge in [0.25, 0.3) is 0 Å². The van der Waals surface area contributed by atoms with Crippen LogP contribution >= 0.6 is 11.6 Å². The van der Waals surface area contributed by atoms with E-state index in [1.807, 2.05) is 24.3 Å². The first-order chi connectivity index (χ1) is 14.0. The average Bonchev–Trinajstić information content (AvgIpc) is 3.10. The molecule has 0 fully saturated rings. The van der Waals surface area contributed by atoms with Crippen molar-refractivity contribution in [2.45, 2.75) is 6.42 Å². The zero-order valence-electron chi connectivity index (χ0n) is 15.3. The molecule has 1 heterocycles. The fourth-order valence-electron chi connectivity index (χ4n) is 3.17. The van der Waals surface area contributed by atoms with Gasteiger partial charge in [0, 0.05) is 11.3 Å². The predicted molar refractivity (Wildman–Crippen MR) is 114 cm³/mol. The van der Waals surface area contributed by atoms with Gasteiger partial charge in [-0.25, -0.2) is 9.37 Å². The second-order valence-electron chi connectivity index (χ2n) is 6.67. The van der Waals surface area contributed by atoms with Crippen LogP contribution in [0.2, 0.25) is 5.02 Å². The van der Waals surface area contributed by atoms with Gasteiger partial charge in [-0.05, 0) is 30.7 Å². The van der Waals surface area contributed by atoms with E-state index in [9.17, 15) is 9.18 Å². The first kappa shape index (κ1) is 19.0. The van der Waals surface area contributed by atoms with Crippen molar-refractivity contribution in [2.75, 3.05) is 11.1 Å². The lowest BCUT2D eigenvalue weighted by Crippen LogP contribution is -2.21. The van der Waals surface area contributed by atoms with Crippen LogP contribution in [0.5, 0.6) is 0 Å². The van der Waals surface area contributed by atoms with Crippen molar-refractivity contribution in [3.63, 3.8) is 0 Å².